The molecule has 0 radical (unpaired) electrons. The van der Waals surface area contributed by atoms with Gasteiger partial charge in [-0.25, -0.2) is 9.37 Å². The SMILES string of the molecule is CN(C(=O)c1cc(F)cnc1Cl)C1(C#N)CCCCC1. The first kappa shape index (κ1) is 14.7. The highest BCUT2D eigenvalue weighted by molar-refractivity contribution is 6.32. The van der Waals surface area contributed by atoms with Crippen LogP contribution in [0.3, 0.4) is 0 Å². The fourth-order valence-electron chi connectivity index (χ4n) is 2.61. The Bertz CT molecular complexity index is 564. The first-order chi connectivity index (χ1) is 9.50. The van der Waals surface area contributed by atoms with Crippen molar-refractivity contribution < 1.29 is 9.18 Å². The maximum atomic E-state index is 13.2. The molecule has 1 aliphatic rings. The van der Waals surface area contributed by atoms with Crippen molar-refractivity contribution in [2.45, 2.75) is 37.6 Å². The first-order valence-electron chi connectivity index (χ1n) is 6.51. The van der Waals surface area contributed by atoms with Crippen LogP contribution in [0.5, 0.6) is 0 Å². The summed E-state index contributed by atoms with van der Waals surface area (Å²) in [7, 11) is 1.57. The summed E-state index contributed by atoms with van der Waals surface area (Å²) in [6, 6.07) is 3.31. The van der Waals surface area contributed by atoms with E-state index in [1.807, 2.05) is 0 Å². The van der Waals surface area contributed by atoms with Crippen LogP contribution >= 0.6 is 11.6 Å². The highest BCUT2D eigenvalue weighted by atomic mass is 35.5. The van der Waals surface area contributed by atoms with Crippen LogP contribution in [0.2, 0.25) is 5.15 Å². The van der Waals surface area contributed by atoms with Crippen molar-refractivity contribution >= 4 is 17.5 Å². The van der Waals surface area contributed by atoms with E-state index in [-0.39, 0.29) is 10.7 Å². The summed E-state index contributed by atoms with van der Waals surface area (Å²) in [5.41, 5.74) is -0.834. The minimum Gasteiger partial charge on any atom is -0.323 e. The topological polar surface area (TPSA) is 57.0 Å². The fourth-order valence-corrected chi connectivity index (χ4v) is 2.79. The summed E-state index contributed by atoms with van der Waals surface area (Å²) in [6.45, 7) is 0. The van der Waals surface area contributed by atoms with E-state index >= 15 is 0 Å². The largest absolute Gasteiger partial charge is 0.323 e. The highest BCUT2D eigenvalue weighted by Gasteiger charge is 2.39. The molecule has 0 aromatic carbocycles. The van der Waals surface area contributed by atoms with Gasteiger partial charge in [0.05, 0.1) is 17.8 Å². The van der Waals surface area contributed by atoms with Crippen LogP contribution in [0.15, 0.2) is 12.3 Å². The van der Waals surface area contributed by atoms with E-state index in [1.165, 1.54) is 4.90 Å². The molecule has 0 bridgehead atoms. The number of rotatable bonds is 2. The second kappa shape index (κ2) is 5.76. The van der Waals surface area contributed by atoms with E-state index in [0.29, 0.717) is 12.8 Å². The quantitative estimate of drug-likeness (QED) is 0.787. The van der Waals surface area contributed by atoms with Gasteiger partial charge >= 0.3 is 0 Å². The van der Waals surface area contributed by atoms with Gasteiger partial charge in [-0.15, -0.1) is 0 Å². The Kier molecular flexibility index (Phi) is 4.24. The number of amides is 1. The summed E-state index contributed by atoms with van der Waals surface area (Å²) in [5, 5.41) is 9.42. The van der Waals surface area contributed by atoms with Gasteiger partial charge < -0.3 is 4.90 Å². The third kappa shape index (κ3) is 2.61. The Labute approximate surface area is 122 Å². The molecule has 6 heteroatoms. The lowest BCUT2D eigenvalue weighted by Crippen LogP contribution is -2.49. The number of aromatic nitrogens is 1. The lowest BCUT2D eigenvalue weighted by atomic mass is 9.81. The van der Waals surface area contributed by atoms with E-state index in [1.54, 1.807) is 7.05 Å². The predicted octanol–water partition coefficient (Wildman–Crippen LogP) is 3.17. The molecule has 0 spiro atoms. The summed E-state index contributed by atoms with van der Waals surface area (Å²) in [5.74, 6) is -1.09. The number of nitrogens with zero attached hydrogens (tertiary/aromatic N) is 3. The summed E-state index contributed by atoms with van der Waals surface area (Å²) >= 11 is 5.85. The number of carbonyl (C=O) groups excluding carboxylic acids is 1. The van der Waals surface area contributed by atoms with Crippen LogP contribution in [0.1, 0.15) is 42.5 Å². The molecule has 1 saturated carbocycles. The summed E-state index contributed by atoms with van der Waals surface area (Å²) < 4.78 is 13.2. The molecular formula is C14H15ClFN3O. The van der Waals surface area contributed by atoms with Crippen molar-refractivity contribution in [3.05, 3.63) is 28.8 Å². The Morgan fingerprint density at radius 1 is 1.50 bits per heavy atom. The lowest BCUT2D eigenvalue weighted by molar-refractivity contribution is 0.0588. The average Bonchev–Trinajstić information content (AvgIpc) is 2.49. The average molecular weight is 296 g/mol. The number of hydrogen-bond donors (Lipinski definition) is 0. The fraction of sp³-hybridized carbons (Fsp3) is 0.500. The van der Waals surface area contributed by atoms with Gasteiger partial charge in [-0.3, -0.25) is 4.79 Å². The third-order valence-corrected chi connectivity index (χ3v) is 4.17. The molecule has 106 valence electrons. The highest BCUT2D eigenvalue weighted by Crippen LogP contribution is 2.33. The van der Waals surface area contributed by atoms with Crippen molar-refractivity contribution in [2.75, 3.05) is 7.05 Å². The van der Waals surface area contributed by atoms with Crippen LogP contribution < -0.4 is 0 Å². The number of nitriles is 1. The Morgan fingerprint density at radius 3 is 2.75 bits per heavy atom. The van der Waals surface area contributed by atoms with E-state index in [0.717, 1.165) is 31.5 Å². The van der Waals surface area contributed by atoms with Crippen LogP contribution in [-0.4, -0.2) is 28.4 Å². The van der Waals surface area contributed by atoms with Gasteiger partial charge in [0.25, 0.3) is 5.91 Å². The Morgan fingerprint density at radius 2 is 2.15 bits per heavy atom. The molecule has 1 aromatic rings. The lowest BCUT2D eigenvalue weighted by Gasteiger charge is -2.39. The van der Waals surface area contributed by atoms with Crippen molar-refractivity contribution in [1.82, 2.24) is 9.88 Å². The van der Waals surface area contributed by atoms with Crippen molar-refractivity contribution in [2.24, 2.45) is 0 Å². The van der Waals surface area contributed by atoms with Crippen molar-refractivity contribution in [3.63, 3.8) is 0 Å². The number of pyridine rings is 1. The van der Waals surface area contributed by atoms with E-state index in [2.05, 4.69) is 11.1 Å². The minimum absolute atomic E-state index is 0.00522. The molecule has 0 unspecified atom stereocenters. The second-order valence-electron chi connectivity index (χ2n) is 5.06. The first-order valence-corrected chi connectivity index (χ1v) is 6.88. The summed E-state index contributed by atoms with van der Waals surface area (Å²) in [6.07, 6.45) is 5.09. The van der Waals surface area contributed by atoms with Crippen LogP contribution in [0.4, 0.5) is 4.39 Å². The molecule has 4 nitrogen and oxygen atoms in total. The molecule has 1 aromatic heterocycles. The zero-order valence-corrected chi connectivity index (χ0v) is 12.0. The van der Waals surface area contributed by atoms with Crippen LogP contribution in [0.25, 0.3) is 0 Å². The smallest absolute Gasteiger partial charge is 0.258 e. The molecule has 0 N–H and O–H groups in total. The predicted molar refractivity (Wildman–Crippen MR) is 72.7 cm³/mol. The number of hydrogen-bond acceptors (Lipinski definition) is 3. The molecular weight excluding hydrogens is 281 g/mol. The van der Waals surface area contributed by atoms with Gasteiger partial charge in [0.2, 0.25) is 0 Å². The van der Waals surface area contributed by atoms with E-state index in [4.69, 9.17) is 11.6 Å². The zero-order valence-electron chi connectivity index (χ0n) is 11.2. The minimum atomic E-state index is -0.828. The molecule has 0 atom stereocenters. The molecule has 1 aliphatic carbocycles. The van der Waals surface area contributed by atoms with Gasteiger partial charge in [0.1, 0.15) is 16.5 Å². The maximum absolute atomic E-state index is 13.2. The van der Waals surface area contributed by atoms with Crippen LogP contribution in [0, 0.1) is 17.1 Å². The molecule has 0 aliphatic heterocycles. The third-order valence-electron chi connectivity index (χ3n) is 3.87. The van der Waals surface area contributed by atoms with Crippen LogP contribution in [-0.2, 0) is 0 Å². The van der Waals surface area contributed by atoms with Gasteiger partial charge in [0, 0.05) is 7.05 Å². The van der Waals surface area contributed by atoms with Gasteiger partial charge in [-0.2, -0.15) is 5.26 Å². The molecule has 1 amide bonds. The summed E-state index contributed by atoms with van der Waals surface area (Å²) in [4.78, 5) is 17.5. The number of carbonyl (C=O) groups is 1. The molecule has 1 fully saturated rings. The van der Waals surface area contributed by atoms with Crippen molar-refractivity contribution in [3.8, 4) is 6.07 Å². The second-order valence-corrected chi connectivity index (χ2v) is 5.42. The van der Waals surface area contributed by atoms with Gasteiger partial charge in [-0.1, -0.05) is 30.9 Å². The molecule has 20 heavy (non-hydrogen) atoms. The monoisotopic (exact) mass is 295 g/mol. The Balaban J connectivity index is 2.32. The number of halogens is 2. The van der Waals surface area contributed by atoms with E-state index in [9.17, 15) is 14.4 Å². The molecule has 0 saturated heterocycles. The standard InChI is InChI=1S/C14H15ClFN3O/c1-19(14(9-17)5-3-2-4-6-14)13(20)11-7-10(16)8-18-12(11)15/h7-8H,2-6H2,1H3. The van der Waals surface area contributed by atoms with Gasteiger partial charge in [0.15, 0.2) is 0 Å². The van der Waals surface area contributed by atoms with E-state index < -0.39 is 17.3 Å². The molecule has 1 heterocycles. The maximum Gasteiger partial charge on any atom is 0.258 e. The van der Waals surface area contributed by atoms with Gasteiger partial charge in [-0.05, 0) is 18.9 Å². The zero-order chi connectivity index (χ0) is 14.8. The Hall–Kier alpha value is -1.67. The normalized spacial score (nSPS) is 17.3. The van der Waals surface area contributed by atoms with Crippen molar-refractivity contribution in [1.29, 1.82) is 5.26 Å². The molecule has 2 rings (SSSR count).